The van der Waals surface area contributed by atoms with E-state index >= 15 is 0 Å². The molecule has 1 aliphatic heterocycles. The summed E-state index contributed by atoms with van der Waals surface area (Å²) in [5.74, 6) is -0.840. The van der Waals surface area contributed by atoms with E-state index in [0.29, 0.717) is 19.5 Å². The van der Waals surface area contributed by atoms with Gasteiger partial charge in [-0.05, 0) is 50.8 Å². The minimum Gasteiger partial charge on any atom is -0.481 e. The number of rotatable bonds is 3. The van der Waals surface area contributed by atoms with Crippen molar-refractivity contribution in [1.82, 2.24) is 10.2 Å². The van der Waals surface area contributed by atoms with Gasteiger partial charge in [0, 0.05) is 19.6 Å². The van der Waals surface area contributed by atoms with Crippen LogP contribution >= 0.6 is 0 Å². The van der Waals surface area contributed by atoms with Crippen molar-refractivity contribution in [3.05, 3.63) is 34.4 Å². The van der Waals surface area contributed by atoms with Crippen LogP contribution in [0, 0.1) is 26.2 Å². The lowest BCUT2D eigenvalue weighted by Gasteiger charge is -2.21. The third-order valence-corrected chi connectivity index (χ3v) is 4.53. The molecular weight excluding hydrogens is 280 g/mol. The fraction of sp³-hybridized carbons (Fsp3) is 0.529. The number of hydrogen-bond donors (Lipinski definition) is 2. The molecule has 2 amide bonds. The van der Waals surface area contributed by atoms with Gasteiger partial charge in [0.1, 0.15) is 0 Å². The van der Waals surface area contributed by atoms with E-state index in [9.17, 15) is 14.7 Å². The number of nitrogens with one attached hydrogen (secondary N) is 1. The molecule has 0 radical (unpaired) electrons. The molecule has 1 unspecified atom stereocenters. The molecule has 2 N–H and O–H groups in total. The summed E-state index contributed by atoms with van der Waals surface area (Å²) in [7, 11) is 0. The van der Waals surface area contributed by atoms with Gasteiger partial charge in [-0.2, -0.15) is 0 Å². The van der Waals surface area contributed by atoms with E-state index in [1.54, 1.807) is 11.8 Å². The van der Waals surface area contributed by atoms with E-state index in [4.69, 9.17) is 0 Å². The maximum atomic E-state index is 12.2. The maximum absolute atomic E-state index is 12.2. The first-order valence-corrected chi connectivity index (χ1v) is 7.56. The van der Waals surface area contributed by atoms with Gasteiger partial charge >= 0.3 is 12.0 Å². The monoisotopic (exact) mass is 304 g/mol. The molecule has 120 valence electrons. The Morgan fingerprint density at radius 2 is 1.86 bits per heavy atom. The summed E-state index contributed by atoms with van der Waals surface area (Å²) >= 11 is 0. The highest BCUT2D eigenvalue weighted by Gasteiger charge is 2.42. The van der Waals surface area contributed by atoms with Crippen molar-refractivity contribution >= 4 is 12.0 Å². The molecule has 5 nitrogen and oxygen atoms in total. The Morgan fingerprint density at radius 1 is 1.27 bits per heavy atom. The lowest BCUT2D eigenvalue weighted by atomic mass is 9.90. The van der Waals surface area contributed by atoms with Crippen LogP contribution < -0.4 is 5.32 Å². The quantitative estimate of drug-likeness (QED) is 0.902. The number of carboxylic acid groups (broad SMARTS) is 1. The Kier molecular flexibility index (Phi) is 4.44. The van der Waals surface area contributed by atoms with E-state index < -0.39 is 11.4 Å². The summed E-state index contributed by atoms with van der Waals surface area (Å²) in [5.41, 5.74) is 3.83. The summed E-state index contributed by atoms with van der Waals surface area (Å²) in [5, 5.41) is 12.1. The number of benzene rings is 1. The highest BCUT2D eigenvalue weighted by atomic mass is 16.4. The average molecular weight is 304 g/mol. The zero-order chi connectivity index (χ0) is 16.5. The molecule has 1 aromatic rings. The first-order valence-electron chi connectivity index (χ1n) is 7.56. The van der Waals surface area contributed by atoms with Gasteiger partial charge in [0.05, 0.1) is 5.41 Å². The predicted octanol–water partition coefficient (Wildman–Crippen LogP) is 2.62. The van der Waals surface area contributed by atoms with Crippen molar-refractivity contribution in [3.8, 4) is 0 Å². The van der Waals surface area contributed by atoms with Crippen LogP contribution in [0.1, 0.15) is 35.6 Å². The lowest BCUT2D eigenvalue weighted by molar-refractivity contribution is -0.146. The molecule has 0 bridgehead atoms. The minimum atomic E-state index is -0.840. The Balaban J connectivity index is 1.99. The van der Waals surface area contributed by atoms with Crippen LogP contribution in [0.5, 0.6) is 0 Å². The third kappa shape index (κ3) is 3.24. The number of carboxylic acids is 1. The molecule has 1 aliphatic rings. The number of carbonyl (C=O) groups excluding carboxylic acids is 1. The number of carbonyl (C=O) groups is 2. The van der Waals surface area contributed by atoms with Crippen LogP contribution in [-0.2, 0) is 11.3 Å². The van der Waals surface area contributed by atoms with Gasteiger partial charge in [0.2, 0.25) is 0 Å². The molecule has 1 atom stereocenters. The maximum Gasteiger partial charge on any atom is 0.317 e. The van der Waals surface area contributed by atoms with E-state index in [-0.39, 0.29) is 12.6 Å². The zero-order valence-electron chi connectivity index (χ0n) is 13.7. The van der Waals surface area contributed by atoms with Crippen molar-refractivity contribution in [3.63, 3.8) is 0 Å². The lowest BCUT2D eigenvalue weighted by Crippen LogP contribution is -2.40. The summed E-state index contributed by atoms with van der Waals surface area (Å²) in [4.78, 5) is 25.1. The van der Waals surface area contributed by atoms with Gasteiger partial charge in [-0.25, -0.2) is 4.79 Å². The van der Waals surface area contributed by atoms with E-state index in [1.807, 2.05) is 13.8 Å². The number of likely N-dealkylation sites (tertiary alicyclic amines) is 1. The van der Waals surface area contributed by atoms with Gasteiger partial charge in [-0.3, -0.25) is 4.79 Å². The fourth-order valence-corrected chi connectivity index (χ4v) is 3.07. The number of hydrogen-bond acceptors (Lipinski definition) is 2. The van der Waals surface area contributed by atoms with Crippen molar-refractivity contribution in [1.29, 1.82) is 0 Å². The molecule has 1 aromatic carbocycles. The summed E-state index contributed by atoms with van der Waals surface area (Å²) in [6, 6.07) is 4.02. The second-order valence-electron chi connectivity index (χ2n) is 6.57. The summed E-state index contributed by atoms with van der Waals surface area (Å²) in [6.07, 6.45) is 0.498. The fourth-order valence-electron chi connectivity index (χ4n) is 3.07. The van der Waals surface area contributed by atoms with Crippen LogP contribution in [0.25, 0.3) is 0 Å². The number of aryl methyl sites for hydroxylation is 3. The first-order chi connectivity index (χ1) is 10.2. The summed E-state index contributed by atoms with van der Waals surface area (Å²) < 4.78 is 0. The Morgan fingerprint density at radius 3 is 2.36 bits per heavy atom. The molecule has 0 aromatic heterocycles. The van der Waals surface area contributed by atoms with Crippen molar-refractivity contribution in [2.45, 2.75) is 40.7 Å². The van der Waals surface area contributed by atoms with E-state index in [2.05, 4.69) is 24.4 Å². The van der Waals surface area contributed by atoms with Crippen molar-refractivity contribution in [2.75, 3.05) is 13.1 Å². The second-order valence-corrected chi connectivity index (χ2v) is 6.57. The van der Waals surface area contributed by atoms with Crippen LogP contribution in [-0.4, -0.2) is 35.1 Å². The molecule has 1 heterocycles. The SMILES string of the molecule is Cc1cc(C)c(CNC(=O)N2CCC(C)(C(=O)O)C2)c(C)c1. The molecule has 1 saturated heterocycles. The topological polar surface area (TPSA) is 69.6 Å². The zero-order valence-corrected chi connectivity index (χ0v) is 13.7. The van der Waals surface area contributed by atoms with Crippen molar-refractivity contribution < 1.29 is 14.7 Å². The predicted molar refractivity (Wildman–Crippen MR) is 84.8 cm³/mol. The number of amides is 2. The largest absolute Gasteiger partial charge is 0.481 e. The molecule has 2 rings (SSSR count). The minimum absolute atomic E-state index is 0.190. The number of aliphatic carboxylic acids is 1. The van der Waals surface area contributed by atoms with Crippen molar-refractivity contribution in [2.24, 2.45) is 5.41 Å². The summed E-state index contributed by atoms with van der Waals surface area (Å²) in [6.45, 7) is 9.05. The normalized spacial score (nSPS) is 21.0. The van der Waals surface area contributed by atoms with Gasteiger partial charge in [0.25, 0.3) is 0 Å². The Bertz CT molecular complexity index is 589. The molecule has 22 heavy (non-hydrogen) atoms. The third-order valence-electron chi connectivity index (χ3n) is 4.53. The molecule has 0 saturated carbocycles. The molecule has 1 fully saturated rings. The number of nitrogens with zero attached hydrogens (tertiary/aromatic N) is 1. The van der Waals surface area contributed by atoms with Crippen LogP contribution in [0.15, 0.2) is 12.1 Å². The smallest absolute Gasteiger partial charge is 0.317 e. The Labute approximate surface area is 131 Å². The highest BCUT2D eigenvalue weighted by molar-refractivity contribution is 5.79. The van der Waals surface area contributed by atoms with Gasteiger partial charge in [-0.1, -0.05) is 17.7 Å². The van der Waals surface area contributed by atoms with Crippen LogP contribution in [0.4, 0.5) is 4.79 Å². The molecule has 0 aliphatic carbocycles. The first kappa shape index (κ1) is 16.3. The van der Waals surface area contributed by atoms with Crippen LogP contribution in [0.3, 0.4) is 0 Å². The molecule has 0 spiro atoms. The van der Waals surface area contributed by atoms with Gasteiger partial charge in [0.15, 0.2) is 0 Å². The van der Waals surface area contributed by atoms with Gasteiger partial charge in [-0.15, -0.1) is 0 Å². The van der Waals surface area contributed by atoms with Crippen LogP contribution in [0.2, 0.25) is 0 Å². The molecule has 5 heteroatoms. The molecular formula is C17H24N2O3. The number of urea groups is 1. The standard InChI is InChI=1S/C17H24N2O3/c1-11-7-12(2)14(13(3)8-11)9-18-16(22)19-6-5-17(4,10-19)15(20)21/h7-8H,5-6,9-10H2,1-4H3,(H,18,22)(H,20,21). The average Bonchev–Trinajstić information content (AvgIpc) is 2.81. The van der Waals surface area contributed by atoms with E-state index in [1.165, 1.54) is 5.56 Å². The Hall–Kier alpha value is -2.04. The van der Waals surface area contributed by atoms with E-state index in [0.717, 1.165) is 16.7 Å². The second kappa shape index (κ2) is 5.99. The highest BCUT2D eigenvalue weighted by Crippen LogP contribution is 2.30. The van der Waals surface area contributed by atoms with Gasteiger partial charge < -0.3 is 15.3 Å².